The van der Waals surface area contributed by atoms with E-state index in [0.717, 1.165) is 38.6 Å². The molecule has 0 saturated carbocycles. The van der Waals surface area contributed by atoms with Gasteiger partial charge in [0.2, 0.25) is 5.91 Å². The quantitative estimate of drug-likeness (QED) is 0.736. The fourth-order valence-corrected chi connectivity index (χ4v) is 2.97. The molecule has 118 valence electrons. The Balaban J connectivity index is 2.31. The number of carbonyl (C=O) groups excluding carboxylic acids is 1. The standard InChI is InChI=1S/C16H31NO3/c1-13(18)7-5-4-6-8-15(20)17-10-9-14(19)11-16(2,3)12-17/h13-14,18-19H,4-12H2,1-3H3. The molecular weight excluding hydrogens is 254 g/mol. The van der Waals surface area contributed by atoms with Crippen molar-refractivity contribution in [2.75, 3.05) is 13.1 Å². The van der Waals surface area contributed by atoms with Crippen LogP contribution in [0, 0.1) is 5.41 Å². The van der Waals surface area contributed by atoms with Crippen molar-refractivity contribution in [3.05, 3.63) is 0 Å². The summed E-state index contributed by atoms with van der Waals surface area (Å²) in [5, 5.41) is 19.0. The molecule has 0 bridgehead atoms. The summed E-state index contributed by atoms with van der Waals surface area (Å²) in [7, 11) is 0. The Bertz CT molecular complexity index is 302. The molecule has 0 aromatic rings. The van der Waals surface area contributed by atoms with Crippen molar-refractivity contribution >= 4 is 5.91 Å². The minimum absolute atomic E-state index is 0.00209. The fraction of sp³-hybridized carbons (Fsp3) is 0.938. The molecule has 2 atom stereocenters. The first-order valence-electron chi connectivity index (χ1n) is 7.94. The Morgan fingerprint density at radius 2 is 2.05 bits per heavy atom. The van der Waals surface area contributed by atoms with Crippen LogP contribution >= 0.6 is 0 Å². The number of amides is 1. The number of unbranched alkanes of at least 4 members (excludes halogenated alkanes) is 2. The molecule has 0 aromatic heterocycles. The van der Waals surface area contributed by atoms with Gasteiger partial charge in [-0.2, -0.15) is 0 Å². The van der Waals surface area contributed by atoms with Gasteiger partial charge in [0.1, 0.15) is 0 Å². The van der Waals surface area contributed by atoms with Crippen LogP contribution in [0.2, 0.25) is 0 Å². The Morgan fingerprint density at radius 3 is 2.70 bits per heavy atom. The second-order valence-corrected chi connectivity index (χ2v) is 7.07. The molecular formula is C16H31NO3. The van der Waals surface area contributed by atoms with Crippen molar-refractivity contribution < 1.29 is 15.0 Å². The van der Waals surface area contributed by atoms with Gasteiger partial charge in [-0.05, 0) is 38.0 Å². The fourth-order valence-electron chi connectivity index (χ4n) is 2.97. The van der Waals surface area contributed by atoms with Crippen molar-refractivity contribution in [3.8, 4) is 0 Å². The summed E-state index contributed by atoms with van der Waals surface area (Å²) in [6.07, 6.45) is 5.22. The molecule has 1 saturated heterocycles. The molecule has 0 aliphatic carbocycles. The van der Waals surface area contributed by atoms with E-state index in [9.17, 15) is 15.0 Å². The van der Waals surface area contributed by atoms with E-state index >= 15 is 0 Å². The summed E-state index contributed by atoms with van der Waals surface area (Å²) in [5.41, 5.74) is -0.00209. The normalized spacial score (nSPS) is 24.2. The zero-order chi connectivity index (χ0) is 15.2. The molecule has 2 unspecified atom stereocenters. The second-order valence-electron chi connectivity index (χ2n) is 7.07. The Kier molecular flexibility index (Phi) is 6.96. The molecule has 4 heteroatoms. The lowest BCUT2D eigenvalue weighted by Crippen LogP contribution is -2.37. The van der Waals surface area contributed by atoms with Gasteiger partial charge in [-0.3, -0.25) is 4.79 Å². The van der Waals surface area contributed by atoms with Gasteiger partial charge in [0, 0.05) is 19.5 Å². The lowest BCUT2D eigenvalue weighted by atomic mass is 9.87. The molecule has 0 aromatic carbocycles. The topological polar surface area (TPSA) is 60.8 Å². The summed E-state index contributed by atoms with van der Waals surface area (Å²) in [6, 6.07) is 0. The van der Waals surface area contributed by atoms with Gasteiger partial charge in [-0.1, -0.05) is 26.7 Å². The maximum absolute atomic E-state index is 12.2. The third-order valence-corrected chi connectivity index (χ3v) is 4.00. The molecule has 2 N–H and O–H groups in total. The molecule has 0 spiro atoms. The Hall–Kier alpha value is -0.610. The number of carbonyl (C=O) groups is 1. The van der Waals surface area contributed by atoms with E-state index in [1.807, 2.05) is 4.90 Å². The van der Waals surface area contributed by atoms with E-state index < -0.39 is 0 Å². The molecule has 1 aliphatic rings. The van der Waals surface area contributed by atoms with Gasteiger partial charge < -0.3 is 15.1 Å². The Labute approximate surface area is 123 Å². The minimum atomic E-state index is -0.283. The number of likely N-dealkylation sites (tertiary alicyclic amines) is 1. The van der Waals surface area contributed by atoms with E-state index in [-0.39, 0.29) is 23.5 Å². The lowest BCUT2D eigenvalue weighted by molar-refractivity contribution is -0.132. The monoisotopic (exact) mass is 285 g/mol. The van der Waals surface area contributed by atoms with Crippen molar-refractivity contribution in [1.29, 1.82) is 0 Å². The number of hydrogen-bond acceptors (Lipinski definition) is 3. The molecule has 4 nitrogen and oxygen atoms in total. The van der Waals surface area contributed by atoms with Crippen molar-refractivity contribution in [3.63, 3.8) is 0 Å². The number of aliphatic hydroxyl groups is 2. The van der Waals surface area contributed by atoms with E-state index in [1.54, 1.807) is 6.92 Å². The number of rotatable bonds is 6. The highest BCUT2D eigenvalue weighted by Gasteiger charge is 2.30. The first kappa shape index (κ1) is 17.4. The lowest BCUT2D eigenvalue weighted by Gasteiger charge is -2.29. The first-order valence-corrected chi connectivity index (χ1v) is 7.94. The zero-order valence-electron chi connectivity index (χ0n) is 13.3. The highest BCUT2D eigenvalue weighted by Crippen LogP contribution is 2.28. The molecule has 1 fully saturated rings. The third kappa shape index (κ3) is 6.71. The SMILES string of the molecule is CC(O)CCCCCC(=O)N1CCC(O)CC(C)(C)C1. The van der Waals surface area contributed by atoms with E-state index in [0.29, 0.717) is 19.4 Å². The molecule has 1 amide bonds. The van der Waals surface area contributed by atoms with Crippen molar-refractivity contribution in [2.45, 2.75) is 77.9 Å². The van der Waals surface area contributed by atoms with Gasteiger partial charge in [0.25, 0.3) is 0 Å². The van der Waals surface area contributed by atoms with Gasteiger partial charge in [-0.25, -0.2) is 0 Å². The van der Waals surface area contributed by atoms with E-state index in [1.165, 1.54) is 0 Å². The van der Waals surface area contributed by atoms with Gasteiger partial charge in [-0.15, -0.1) is 0 Å². The van der Waals surface area contributed by atoms with Crippen molar-refractivity contribution in [2.24, 2.45) is 5.41 Å². The smallest absolute Gasteiger partial charge is 0.222 e. The summed E-state index contributed by atoms with van der Waals surface area (Å²) in [5.74, 6) is 0.212. The van der Waals surface area contributed by atoms with Crippen LogP contribution in [-0.4, -0.2) is 46.3 Å². The maximum atomic E-state index is 12.2. The number of nitrogens with zero attached hydrogens (tertiary/aromatic N) is 1. The highest BCUT2D eigenvalue weighted by atomic mass is 16.3. The van der Waals surface area contributed by atoms with Crippen molar-refractivity contribution in [1.82, 2.24) is 4.90 Å². The average molecular weight is 285 g/mol. The summed E-state index contributed by atoms with van der Waals surface area (Å²) in [6.45, 7) is 7.46. The summed E-state index contributed by atoms with van der Waals surface area (Å²) >= 11 is 0. The number of hydrogen-bond donors (Lipinski definition) is 2. The second kappa shape index (κ2) is 7.99. The van der Waals surface area contributed by atoms with Crippen LogP contribution in [-0.2, 0) is 4.79 Å². The van der Waals surface area contributed by atoms with Crippen LogP contribution in [0.25, 0.3) is 0 Å². The molecule has 1 aliphatic heterocycles. The first-order chi connectivity index (χ1) is 9.30. The minimum Gasteiger partial charge on any atom is -0.393 e. The number of aliphatic hydroxyl groups excluding tert-OH is 2. The molecule has 1 heterocycles. The van der Waals surface area contributed by atoms with Crippen LogP contribution in [0.15, 0.2) is 0 Å². The van der Waals surface area contributed by atoms with Crippen LogP contribution in [0.1, 0.15) is 65.7 Å². The maximum Gasteiger partial charge on any atom is 0.222 e. The molecule has 0 radical (unpaired) electrons. The van der Waals surface area contributed by atoms with Crippen LogP contribution < -0.4 is 0 Å². The van der Waals surface area contributed by atoms with Gasteiger partial charge in [0.05, 0.1) is 12.2 Å². The zero-order valence-corrected chi connectivity index (χ0v) is 13.3. The average Bonchev–Trinajstić information content (AvgIpc) is 2.45. The molecule has 20 heavy (non-hydrogen) atoms. The predicted molar refractivity (Wildman–Crippen MR) is 80.4 cm³/mol. The molecule has 1 rings (SSSR count). The van der Waals surface area contributed by atoms with Gasteiger partial charge in [0.15, 0.2) is 0 Å². The highest BCUT2D eigenvalue weighted by molar-refractivity contribution is 5.76. The van der Waals surface area contributed by atoms with E-state index in [2.05, 4.69) is 13.8 Å². The summed E-state index contributed by atoms with van der Waals surface area (Å²) in [4.78, 5) is 14.2. The predicted octanol–water partition coefficient (Wildman–Crippen LogP) is 2.33. The van der Waals surface area contributed by atoms with E-state index in [4.69, 9.17) is 0 Å². The van der Waals surface area contributed by atoms with Crippen LogP contribution in [0.4, 0.5) is 0 Å². The Morgan fingerprint density at radius 1 is 1.35 bits per heavy atom. The van der Waals surface area contributed by atoms with Crippen LogP contribution in [0.3, 0.4) is 0 Å². The largest absolute Gasteiger partial charge is 0.393 e. The van der Waals surface area contributed by atoms with Crippen LogP contribution in [0.5, 0.6) is 0 Å². The van der Waals surface area contributed by atoms with Gasteiger partial charge >= 0.3 is 0 Å². The third-order valence-electron chi connectivity index (χ3n) is 4.00. The summed E-state index contributed by atoms with van der Waals surface area (Å²) < 4.78 is 0.